The van der Waals surface area contributed by atoms with Crippen LogP contribution in [0.15, 0.2) is 40.4 Å². The zero-order chi connectivity index (χ0) is 9.26. The van der Waals surface area contributed by atoms with Crippen LogP contribution < -0.4 is 0 Å². The molecule has 0 aromatic carbocycles. The Balaban J connectivity index is 2.43. The number of dihydropyridines is 1. The quantitative estimate of drug-likeness (QED) is 0.597. The van der Waals surface area contributed by atoms with Crippen molar-refractivity contribution >= 4 is 12.1 Å². The Kier molecular flexibility index (Phi) is 1.94. The maximum atomic E-state index is 11.3. The molecule has 0 fully saturated rings. The Labute approximate surface area is 76.1 Å². The second kappa shape index (κ2) is 3.11. The minimum absolute atomic E-state index is 0.115. The highest BCUT2D eigenvalue weighted by molar-refractivity contribution is 6.07. The van der Waals surface area contributed by atoms with Crippen LogP contribution in [0.2, 0.25) is 0 Å². The smallest absolute Gasteiger partial charge is 0.277 e. The fourth-order valence-electron chi connectivity index (χ4n) is 1.45. The van der Waals surface area contributed by atoms with Crippen LogP contribution in [-0.2, 0) is 9.53 Å². The Hall–Kier alpha value is -1.48. The summed E-state index contributed by atoms with van der Waals surface area (Å²) in [4.78, 5) is 15.0. The summed E-state index contributed by atoms with van der Waals surface area (Å²) in [6.45, 7) is 0. The largest absolute Gasteiger partial charge is 0.373 e. The highest BCUT2D eigenvalue weighted by atomic mass is 16.5. The number of fused-ring (bicyclic) bond motifs is 1. The van der Waals surface area contributed by atoms with Gasteiger partial charge in [-0.3, -0.25) is 4.79 Å². The molecule has 0 spiro atoms. The molecule has 1 unspecified atom stereocenters. The fourth-order valence-corrected chi connectivity index (χ4v) is 1.45. The van der Waals surface area contributed by atoms with Gasteiger partial charge in [-0.25, -0.2) is 4.99 Å². The van der Waals surface area contributed by atoms with E-state index in [0.717, 1.165) is 5.57 Å². The maximum absolute atomic E-state index is 11.3. The number of allylic oxidation sites excluding steroid dienone is 3. The first kappa shape index (κ1) is 8.13. The molecule has 2 aliphatic rings. The van der Waals surface area contributed by atoms with Gasteiger partial charge in [-0.2, -0.15) is 0 Å². The molecule has 1 aliphatic carbocycles. The van der Waals surface area contributed by atoms with Gasteiger partial charge in [0.2, 0.25) is 0 Å². The summed E-state index contributed by atoms with van der Waals surface area (Å²) in [7, 11) is 1.62. The zero-order valence-corrected chi connectivity index (χ0v) is 7.23. The van der Waals surface area contributed by atoms with Crippen LogP contribution in [0.25, 0.3) is 0 Å². The van der Waals surface area contributed by atoms with E-state index in [1.807, 2.05) is 18.2 Å². The Morgan fingerprint density at radius 1 is 1.46 bits per heavy atom. The molecule has 3 heteroatoms. The first-order valence-corrected chi connectivity index (χ1v) is 4.03. The molecular formula is C10H9NO2. The number of hydrogen-bond acceptors (Lipinski definition) is 2. The van der Waals surface area contributed by atoms with Gasteiger partial charge in [-0.15, -0.1) is 0 Å². The molecule has 2 rings (SSSR count). The van der Waals surface area contributed by atoms with Crippen LogP contribution in [0, 0.1) is 0 Å². The van der Waals surface area contributed by atoms with E-state index in [9.17, 15) is 4.79 Å². The SMILES string of the molecule is COC1C=CC=C2C(=O)N=CC=C21. The standard InChI is InChI=1S/C10H9NO2/c1-13-9-4-2-3-8-7(9)5-6-11-10(8)12/h2-6,9H,1H3. The predicted molar refractivity (Wildman–Crippen MR) is 49.6 cm³/mol. The van der Waals surface area contributed by atoms with Gasteiger partial charge in [0.1, 0.15) is 6.10 Å². The van der Waals surface area contributed by atoms with Gasteiger partial charge in [-0.1, -0.05) is 12.2 Å². The molecule has 0 radical (unpaired) electrons. The van der Waals surface area contributed by atoms with Crippen LogP contribution in [0.4, 0.5) is 0 Å². The number of methoxy groups -OCH3 is 1. The first-order valence-electron chi connectivity index (χ1n) is 4.03. The van der Waals surface area contributed by atoms with E-state index >= 15 is 0 Å². The normalized spacial score (nSPS) is 25.3. The predicted octanol–water partition coefficient (Wildman–Crippen LogP) is 1.03. The number of nitrogens with zero attached hydrogens (tertiary/aromatic N) is 1. The molecule has 0 saturated heterocycles. The van der Waals surface area contributed by atoms with Crippen LogP contribution in [0.5, 0.6) is 0 Å². The monoisotopic (exact) mass is 175 g/mol. The van der Waals surface area contributed by atoms with Crippen LogP contribution >= 0.6 is 0 Å². The average molecular weight is 175 g/mol. The molecule has 66 valence electrons. The summed E-state index contributed by atoms with van der Waals surface area (Å²) < 4.78 is 5.20. The molecule has 0 aromatic rings. The van der Waals surface area contributed by atoms with E-state index in [1.54, 1.807) is 13.2 Å². The molecule has 0 bridgehead atoms. The van der Waals surface area contributed by atoms with E-state index in [4.69, 9.17) is 4.74 Å². The van der Waals surface area contributed by atoms with E-state index < -0.39 is 0 Å². The van der Waals surface area contributed by atoms with Crippen LogP contribution in [-0.4, -0.2) is 25.3 Å². The lowest BCUT2D eigenvalue weighted by Crippen LogP contribution is -2.20. The highest BCUT2D eigenvalue weighted by Crippen LogP contribution is 2.24. The van der Waals surface area contributed by atoms with Gasteiger partial charge in [0.15, 0.2) is 0 Å². The average Bonchev–Trinajstić information content (AvgIpc) is 2.18. The van der Waals surface area contributed by atoms with Gasteiger partial charge in [0.05, 0.1) is 0 Å². The van der Waals surface area contributed by atoms with E-state index in [2.05, 4.69) is 4.99 Å². The molecule has 13 heavy (non-hydrogen) atoms. The summed E-state index contributed by atoms with van der Waals surface area (Å²) in [5.74, 6) is -0.191. The van der Waals surface area contributed by atoms with Crippen molar-refractivity contribution in [3.05, 3.63) is 35.5 Å². The molecule has 0 aromatic heterocycles. The van der Waals surface area contributed by atoms with E-state index in [0.29, 0.717) is 5.57 Å². The molecule has 1 heterocycles. The third-order valence-corrected chi connectivity index (χ3v) is 2.10. The third-order valence-electron chi connectivity index (χ3n) is 2.10. The molecule has 1 amide bonds. The third kappa shape index (κ3) is 1.27. The lowest BCUT2D eigenvalue weighted by atomic mass is 9.93. The summed E-state index contributed by atoms with van der Waals surface area (Å²) in [6, 6.07) is 0. The van der Waals surface area contributed by atoms with Crippen molar-refractivity contribution in [2.24, 2.45) is 4.99 Å². The number of hydrogen-bond donors (Lipinski definition) is 0. The van der Waals surface area contributed by atoms with Gasteiger partial charge < -0.3 is 4.74 Å². The lowest BCUT2D eigenvalue weighted by Gasteiger charge is -2.20. The van der Waals surface area contributed by atoms with E-state index in [1.165, 1.54) is 6.21 Å². The number of aliphatic imine (C=N–C) groups is 1. The van der Waals surface area contributed by atoms with Crippen molar-refractivity contribution in [1.29, 1.82) is 0 Å². The van der Waals surface area contributed by atoms with Crippen LogP contribution in [0.1, 0.15) is 0 Å². The topological polar surface area (TPSA) is 38.7 Å². The number of amides is 1. The molecule has 1 atom stereocenters. The van der Waals surface area contributed by atoms with Crippen molar-refractivity contribution in [3.63, 3.8) is 0 Å². The molecule has 0 saturated carbocycles. The minimum atomic E-state index is -0.191. The number of rotatable bonds is 1. The Bertz CT molecular complexity index is 361. The number of carbonyl (C=O) groups is 1. The second-order valence-corrected chi connectivity index (χ2v) is 2.83. The first-order chi connectivity index (χ1) is 6.33. The fraction of sp³-hybridized carbons (Fsp3) is 0.200. The van der Waals surface area contributed by atoms with E-state index in [-0.39, 0.29) is 12.0 Å². The molecule has 1 aliphatic heterocycles. The summed E-state index contributed by atoms with van der Waals surface area (Å²) in [5.41, 5.74) is 1.53. The van der Waals surface area contributed by atoms with Crippen LogP contribution in [0.3, 0.4) is 0 Å². The molecule has 0 N–H and O–H groups in total. The summed E-state index contributed by atoms with van der Waals surface area (Å²) in [5, 5.41) is 0. The second-order valence-electron chi connectivity index (χ2n) is 2.83. The summed E-state index contributed by atoms with van der Waals surface area (Å²) in [6.07, 6.45) is 8.70. The van der Waals surface area contributed by atoms with Gasteiger partial charge in [-0.05, 0) is 17.7 Å². The zero-order valence-electron chi connectivity index (χ0n) is 7.23. The van der Waals surface area contributed by atoms with Gasteiger partial charge in [0, 0.05) is 18.9 Å². The Morgan fingerprint density at radius 2 is 2.31 bits per heavy atom. The maximum Gasteiger partial charge on any atom is 0.277 e. The van der Waals surface area contributed by atoms with Gasteiger partial charge >= 0.3 is 0 Å². The highest BCUT2D eigenvalue weighted by Gasteiger charge is 2.23. The number of ether oxygens (including phenoxy) is 1. The summed E-state index contributed by atoms with van der Waals surface area (Å²) >= 11 is 0. The minimum Gasteiger partial charge on any atom is -0.373 e. The molecular weight excluding hydrogens is 166 g/mol. The lowest BCUT2D eigenvalue weighted by molar-refractivity contribution is -0.114. The van der Waals surface area contributed by atoms with Gasteiger partial charge in [0.25, 0.3) is 5.91 Å². The van der Waals surface area contributed by atoms with Crippen molar-refractivity contribution in [2.75, 3.05) is 7.11 Å². The molecule has 3 nitrogen and oxygen atoms in total. The van der Waals surface area contributed by atoms with Crippen molar-refractivity contribution in [3.8, 4) is 0 Å². The van der Waals surface area contributed by atoms with Crippen molar-refractivity contribution in [2.45, 2.75) is 6.10 Å². The van der Waals surface area contributed by atoms with Crippen molar-refractivity contribution in [1.82, 2.24) is 0 Å². The number of carbonyl (C=O) groups excluding carboxylic acids is 1. The Morgan fingerprint density at radius 3 is 3.08 bits per heavy atom. The van der Waals surface area contributed by atoms with Crippen molar-refractivity contribution < 1.29 is 9.53 Å².